The molecule has 4 heteroatoms. The molecular weight excluding hydrogens is 216 g/mol. The Morgan fingerprint density at radius 1 is 1.06 bits per heavy atom. The summed E-state index contributed by atoms with van der Waals surface area (Å²) in [5, 5.41) is 12.9. The van der Waals surface area contributed by atoms with Gasteiger partial charge in [-0.25, -0.2) is 0 Å². The van der Waals surface area contributed by atoms with Crippen LogP contribution in [0.4, 0.5) is 5.69 Å². The Balaban J connectivity index is 0.000000136. The predicted octanol–water partition coefficient (Wildman–Crippen LogP) is 1.50. The Bertz CT molecular complexity index is 485. The van der Waals surface area contributed by atoms with Crippen LogP contribution in [0.25, 0.3) is 0 Å². The van der Waals surface area contributed by atoms with Crippen LogP contribution >= 0.6 is 0 Å². The minimum absolute atomic E-state index is 0.0983. The molecule has 1 aromatic carbocycles. The molecule has 0 unspecified atom stereocenters. The van der Waals surface area contributed by atoms with E-state index < -0.39 is 0 Å². The van der Waals surface area contributed by atoms with Crippen molar-refractivity contribution in [2.45, 2.75) is 6.42 Å². The largest absolute Gasteiger partial charge is 0.619 e. The number of pyridine rings is 1. The molecule has 1 aliphatic heterocycles. The third-order valence-corrected chi connectivity index (χ3v) is 2.33. The van der Waals surface area contributed by atoms with E-state index in [4.69, 9.17) is 0 Å². The average molecular weight is 228 g/mol. The van der Waals surface area contributed by atoms with Crippen molar-refractivity contribution in [2.24, 2.45) is 0 Å². The highest BCUT2D eigenvalue weighted by Gasteiger charge is 2.15. The summed E-state index contributed by atoms with van der Waals surface area (Å²) in [5.74, 6) is 0.0983. The number of carbonyl (C=O) groups excluding carboxylic acids is 1. The fraction of sp³-hybridized carbons (Fsp3) is 0.0769. The minimum atomic E-state index is 0.0983. The molecule has 3 rings (SSSR count). The first kappa shape index (κ1) is 11.1. The number of fused-ring (bicyclic) bond motifs is 1. The molecule has 2 heterocycles. The molecule has 86 valence electrons. The van der Waals surface area contributed by atoms with E-state index in [0.717, 1.165) is 16.0 Å². The Morgan fingerprint density at radius 2 is 1.76 bits per heavy atom. The number of para-hydroxylation sites is 1. The van der Waals surface area contributed by atoms with E-state index in [0.29, 0.717) is 6.42 Å². The van der Waals surface area contributed by atoms with Gasteiger partial charge in [-0.05, 0) is 11.6 Å². The monoisotopic (exact) mass is 228 g/mol. The van der Waals surface area contributed by atoms with Crippen LogP contribution in [0, 0.1) is 5.21 Å². The number of aromatic nitrogens is 1. The van der Waals surface area contributed by atoms with Gasteiger partial charge in [-0.1, -0.05) is 24.3 Å². The zero-order valence-corrected chi connectivity index (χ0v) is 9.17. The van der Waals surface area contributed by atoms with Crippen molar-refractivity contribution >= 4 is 11.6 Å². The van der Waals surface area contributed by atoms with Crippen LogP contribution in [-0.2, 0) is 11.2 Å². The summed E-state index contributed by atoms with van der Waals surface area (Å²) >= 11 is 0. The topological polar surface area (TPSA) is 56.0 Å². The van der Waals surface area contributed by atoms with Crippen molar-refractivity contribution < 1.29 is 9.52 Å². The fourth-order valence-corrected chi connectivity index (χ4v) is 1.55. The number of nitrogens with zero attached hydrogens (tertiary/aromatic N) is 1. The quantitative estimate of drug-likeness (QED) is 0.548. The number of benzene rings is 1. The first-order valence-corrected chi connectivity index (χ1v) is 5.27. The molecule has 0 spiro atoms. The lowest BCUT2D eigenvalue weighted by Gasteiger charge is -1.93. The van der Waals surface area contributed by atoms with E-state index in [1.165, 1.54) is 12.4 Å². The lowest BCUT2D eigenvalue weighted by molar-refractivity contribution is -0.605. The maximum atomic E-state index is 10.8. The number of nitrogens with one attached hydrogen (secondary N) is 1. The van der Waals surface area contributed by atoms with Crippen molar-refractivity contribution in [1.82, 2.24) is 0 Å². The van der Waals surface area contributed by atoms with Gasteiger partial charge in [-0.3, -0.25) is 4.79 Å². The van der Waals surface area contributed by atoms with Gasteiger partial charge in [0.2, 0.25) is 5.91 Å². The van der Waals surface area contributed by atoms with Gasteiger partial charge in [-0.15, -0.1) is 0 Å². The van der Waals surface area contributed by atoms with E-state index in [2.05, 4.69) is 5.32 Å². The smallest absolute Gasteiger partial charge is 0.228 e. The Labute approximate surface area is 99.1 Å². The Kier molecular flexibility index (Phi) is 3.35. The molecule has 4 nitrogen and oxygen atoms in total. The molecule has 1 aromatic heterocycles. The fourth-order valence-electron chi connectivity index (χ4n) is 1.55. The summed E-state index contributed by atoms with van der Waals surface area (Å²) in [7, 11) is 0. The van der Waals surface area contributed by atoms with Crippen LogP contribution in [0.2, 0.25) is 0 Å². The Hall–Kier alpha value is -2.36. The zero-order valence-electron chi connectivity index (χ0n) is 9.17. The van der Waals surface area contributed by atoms with Crippen molar-refractivity contribution in [2.75, 3.05) is 5.32 Å². The number of hydrogen-bond acceptors (Lipinski definition) is 2. The second-order valence-corrected chi connectivity index (χ2v) is 3.62. The molecule has 1 amide bonds. The van der Waals surface area contributed by atoms with Gasteiger partial charge in [0, 0.05) is 17.8 Å². The number of rotatable bonds is 0. The van der Waals surface area contributed by atoms with Crippen molar-refractivity contribution in [3.63, 3.8) is 0 Å². The molecule has 0 fully saturated rings. The standard InChI is InChI=1S/C8H7NO.C5H5NO/c10-8-5-6-3-1-2-4-7(6)9-8;7-6-4-2-1-3-5-6/h1-4H,5H2,(H,9,10);1-5H. The minimum Gasteiger partial charge on any atom is -0.619 e. The third-order valence-electron chi connectivity index (χ3n) is 2.33. The van der Waals surface area contributed by atoms with Gasteiger partial charge in [-0.2, -0.15) is 4.73 Å². The second-order valence-electron chi connectivity index (χ2n) is 3.62. The van der Waals surface area contributed by atoms with Crippen LogP contribution in [-0.4, -0.2) is 5.91 Å². The van der Waals surface area contributed by atoms with E-state index in [9.17, 15) is 10.0 Å². The summed E-state index contributed by atoms with van der Waals surface area (Å²) < 4.78 is 0.750. The van der Waals surface area contributed by atoms with Crippen molar-refractivity contribution in [3.8, 4) is 0 Å². The molecule has 0 saturated carbocycles. The third kappa shape index (κ3) is 3.04. The summed E-state index contributed by atoms with van der Waals surface area (Å²) in [6.45, 7) is 0. The number of carbonyl (C=O) groups is 1. The summed E-state index contributed by atoms with van der Waals surface area (Å²) in [4.78, 5) is 10.8. The highest BCUT2D eigenvalue weighted by Crippen LogP contribution is 2.20. The number of anilines is 1. The van der Waals surface area contributed by atoms with E-state index in [-0.39, 0.29) is 5.91 Å². The maximum absolute atomic E-state index is 10.8. The zero-order chi connectivity index (χ0) is 12.1. The van der Waals surface area contributed by atoms with Crippen LogP contribution in [0.15, 0.2) is 54.9 Å². The van der Waals surface area contributed by atoms with Crippen molar-refractivity contribution in [3.05, 3.63) is 65.6 Å². The van der Waals surface area contributed by atoms with Crippen molar-refractivity contribution in [1.29, 1.82) is 0 Å². The molecule has 17 heavy (non-hydrogen) atoms. The molecule has 0 saturated heterocycles. The summed E-state index contributed by atoms with van der Waals surface area (Å²) in [5.41, 5.74) is 2.07. The highest BCUT2D eigenvalue weighted by molar-refractivity contribution is 5.98. The molecule has 0 bridgehead atoms. The summed E-state index contributed by atoms with van der Waals surface area (Å²) in [6.07, 6.45) is 3.43. The molecule has 1 N–H and O–H groups in total. The Morgan fingerprint density at radius 3 is 2.35 bits per heavy atom. The molecule has 1 aliphatic rings. The molecule has 2 aromatic rings. The average Bonchev–Trinajstić information content (AvgIpc) is 2.71. The second kappa shape index (κ2) is 5.12. The van der Waals surface area contributed by atoms with Gasteiger partial charge in [0.05, 0.1) is 6.42 Å². The van der Waals surface area contributed by atoms with Crippen LogP contribution in [0.3, 0.4) is 0 Å². The van der Waals surface area contributed by atoms with Gasteiger partial charge < -0.3 is 10.5 Å². The highest BCUT2D eigenvalue weighted by atomic mass is 16.5. The molecule has 0 radical (unpaired) electrons. The van der Waals surface area contributed by atoms with E-state index in [1.807, 2.05) is 24.3 Å². The normalized spacial score (nSPS) is 12.1. The van der Waals surface area contributed by atoms with Crippen LogP contribution < -0.4 is 10.0 Å². The number of hydrogen-bond donors (Lipinski definition) is 1. The van der Waals surface area contributed by atoms with Gasteiger partial charge in [0.15, 0.2) is 12.4 Å². The number of amides is 1. The van der Waals surface area contributed by atoms with Crippen LogP contribution in [0.5, 0.6) is 0 Å². The van der Waals surface area contributed by atoms with Crippen LogP contribution in [0.1, 0.15) is 5.56 Å². The lowest BCUT2D eigenvalue weighted by Crippen LogP contribution is -2.22. The lowest BCUT2D eigenvalue weighted by atomic mass is 10.2. The molecule has 0 aliphatic carbocycles. The maximum Gasteiger partial charge on any atom is 0.228 e. The molecule has 0 atom stereocenters. The predicted molar refractivity (Wildman–Crippen MR) is 64.2 cm³/mol. The van der Waals surface area contributed by atoms with E-state index >= 15 is 0 Å². The first-order chi connectivity index (χ1) is 8.25. The van der Waals surface area contributed by atoms with Gasteiger partial charge in [0.25, 0.3) is 0 Å². The SMILES string of the molecule is O=C1Cc2ccccc2N1.[O-][n+]1ccccc1. The van der Waals surface area contributed by atoms with Gasteiger partial charge in [0.1, 0.15) is 0 Å². The van der Waals surface area contributed by atoms with Gasteiger partial charge >= 0.3 is 0 Å². The summed E-state index contributed by atoms with van der Waals surface area (Å²) in [6, 6.07) is 12.9. The van der Waals surface area contributed by atoms with E-state index in [1.54, 1.807) is 18.2 Å². The molecular formula is C13H12N2O2. The first-order valence-electron chi connectivity index (χ1n) is 5.27.